The maximum atomic E-state index is 12.3. The molecular weight excluding hydrogens is 352 g/mol. The van der Waals surface area contributed by atoms with Gasteiger partial charge in [0, 0.05) is 12.2 Å². The van der Waals surface area contributed by atoms with E-state index < -0.39 is 6.61 Å². The number of alkyl halides is 2. The fourth-order valence-electron chi connectivity index (χ4n) is 3.07. The van der Waals surface area contributed by atoms with Crippen LogP contribution in [0.4, 0.5) is 14.5 Å². The first kappa shape index (κ1) is 18.8. The van der Waals surface area contributed by atoms with Gasteiger partial charge in [0.1, 0.15) is 5.75 Å². The number of aryl methyl sites for hydroxylation is 1. The number of ether oxygens (including phenoxy) is 1. The number of para-hydroxylation sites is 1. The molecule has 2 aromatic carbocycles. The van der Waals surface area contributed by atoms with Crippen LogP contribution >= 0.6 is 0 Å². The number of anilines is 1. The molecule has 1 amide bonds. The van der Waals surface area contributed by atoms with Crippen molar-refractivity contribution in [2.75, 3.05) is 18.0 Å². The molecule has 1 N–H and O–H groups in total. The highest BCUT2D eigenvalue weighted by Crippen LogP contribution is 2.26. The van der Waals surface area contributed by atoms with E-state index in [1.54, 1.807) is 19.1 Å². The van der Waals surface area contributed by atoms with Crippen molar-refractivity contribution < 1.29 is 18.3 Å². The zero-order valence-electron chi connectivity index (χ0n) is 15.0. The first-order valence-electron chi connectivity index (χ1n) is 8.74. The number of rotatable bonds is 6. The van der Waals surface area contributed by atoms with Crippen molar-refractivity contribution in [2.24, 2.45) is 5.10 Å². The van der Waals surface area contributed by atoms with Crippen molar-refractivity contribution in [1.82, 2.24) is 5.43 Å². The van der Waals surface area contributed by atoms with Gasteiger partial charge in [-0.1, -0.05) is 18.2 Å². The molecule has 27 heavy (non-hydrogen) atoms. The van der Waals surface area contributed by atoms with Crippen molar-refractivity contribution in [1.29, 1.82) is 0 Å². The number of hydrogen-bond acceptors (Lipinski definition) is 4. The molecule has 1 aliphatic heterocycles. The standard InChI is InChI=1S/C20H21F2N3O2/c1-14(15-8-10-17(11-9-15)27-20(21)22)23-24-19(26)13-25-12-4-6-16-5-2-3-7-18(16)25/h2-3,5,7-11,20H,4,6,12-13H2,1H3,(H,24,26)/b23-14-. The largest absolute Gasteiger partial charge is 0.435 e. The van der Waals surface area contributed by atoms with Crippen LogP contribution in [0.3, 0.4) is 0 Å². The monoisotopic (exact) mass is 373 g/mol. The van der Waals surface area contributed by atoms with E-state index in [2.05, 4.69) is 26.2 Å². The van der Waals surface area contributed by atoms with Crippen LogP contribution in [0.25, 0.3) is 0 Å². The third kappa shape index (κ3) is 5.03. The smallest absolute Gasteiger partial charge is 0.387 e. The molecule has 1 heterocycles. The fourth-order valence-corrected chi connectivity index (χ4v) is 3.07. The molecule has 2 aromatic rings. The third-order valence-electron chi connectivity index (χ3n) is 4.39. The minimum Gasteiger partial charge on any atom is -0.435 e. The molecule has 0 saturated heterocycles. The van der Waals surface area contributed by atoms with E-state index in [1.807, 2.05) is 18.2 Å². The van der Waals surface area contributed by atoms with Crippen LogP contribution in [0.5, 0.6) is 5.75 Å². The summed E-state index contributed by atoms with van der Waals surface area (Å²) in [4.78, 5) is 14.3. The van der Waals surface area contributed by atoms with Gasteiger partial charge in [-0.2, -0.15) is 13.9 Å². The Morgan fingerprint density at radius 3 is 2.70 bits per heavy atom. The quantitative estimate of drug-likeness (QED) is 0.622. The van der Waals surface area contributed by atoms with Gasteiger partial charge < -0.3 is 9.64 Å². The lowest BCUT2D eigenvalue weighted by Gasteiger charge is -2.30. The summed E-state index contributed by atoms with van der Waals surface area (Å²) in [6.45, 7) is -0.0579. The summed E-state index contributed by atoms with van der Waals surface area (Å²) in [6, 6.07) is 14.2. The summed E-state index contributed by atoms with van der Waals surface area (Å²) in [5.41, 5.74) is 6.19. The molecule has 0 aliphatic carbocycles. The lowest BCUT2D eigenvalue weighted by atomic mass is 10.0. The molecule has 0 spiro atoms. The molecule has 0 saturated carbocycles. The van der Waals surface area contributed by atoms with E-state index in [1.165, 1.54) is 17.7 Å². The summed E-state index contributed by atoms with van der Waals surface area (Å²) < 4.78 is 28.7. The number of carbonyl (C=O) groups is 1. The van der Waals surface area contributed by atoms with E-state index in [4.69, 9.17) is 0 Å². The van der Waals surface area contributed by atoms with Gasteiger partial charge in [0.15, 0.2) is 0 Å². The SMILES string of the molecule is C/C(=N/NC(=O)CN1CCCc2ccccc21)c1ccc(OC(F)F)cc1. The first-order chi connectivity index (χ1) is 13.0. The summed E-state index contributed by atoms with van der Waals surface area (Å²) in [5, 5.41) is 4.11. The van der Waals surface area contributed by atoms with Crippen LogP contribution in [-0.2, 0) is 11.2 Å². The van der Waals surface area contributed by atoms with E-state index >= 15 is 0 Å². The molecule has 0 fully saturated rings. The molecular formula is C20H21F2N3O2. The number of hydrogen-bond donors (Lipinski definition) is 1. The Morgan fingerprint density at radius 1 is 1.22 bits per heavy atom. The Labute approximate surface area is 156 Å². The number of carbonyl (C=O) groups excluding carboxylic acids is 1. The lowest BCUT2D eigenvalue weighted by molar-refractivity contribution is -0.119. The molecule has 3 rings (SSSR count). The summed E-state index contributed by atoms with van der Waals surface area (Å²) in [5.74, 6) is -0.127. The number of halogens is 2. The molecule has 142 valence electrons. The summed E-state index contributed by atoms with van der Waals surface area (Å²) in [6.07, 6.45) is 2.04. The third-order valence-corrected chi connectivity index (χ3v) is 4.39. The van der Waals surface area contributed by atoms with E-state index in [9.17, 15) is 13.6 Å². The highest BCUT2D eigenvalue weighted by Gasteiger charge is 2.18. The molecule has 0 unspecified atom stereocenters. The first-order valence-corrected chi connectivity index (χ1v) is 8.74. The number of nitrogens with one attached hydrogen (secondary N) is 1. The normalized spacial score (nSPS) is 14.1. The van der Waals surface area contributed by atoms with Gasteiger partial charge in [-0.05, 0) is 61.2 Å². The van der Waals surface area contributed by atoms with Gasteiger partial charge in [0.05, 0.1) is 12.3 Å². The van der Waals surface area contributed by atoms with Crippen molar-refractivity contribution in [3.05, 3.63) is 59.7 Å². The van der Waals surface area contributed by atoms with Gasteiger partial charge in [0.2, 0.25) is 0 Å². The van der Waals surface area contributed by atoms with Crippen LogP contribution in [0, 0.1) is 0 Å². The molecule has 0 atom stereocenters. The zero-order chi connectivity index (χ0) is 19.2. The van der Waals surface area contributed by atoms with Gasteiger partial charge in [-0.25, -0.2) is 5.43 Å². The van der Waals surface area contributed by atoms with Crippen LogP contribution in [-0.4, -0.2) is 31.3 Å². The molecule has 7 heteroatoms. The molecule has 0 aromatic heterocycles. The second-order valence-electron chi connectivity index (χ2n) is 6.29. The molecule has 5 nitrogen and oxygen atoms in total. The van der Waals surface area contributed by atoms with Crippen molar-refractivity contribution in [3.8, 4) is 5.75 Å². The minimum absolute atomic E-state index is 0.0781. The predicted molar refractivity (Wildman–Crippen MR) is 100 cm³/mol. The number of benzene rings is 2. The Bertz CT molecular complexity index is 822. The van der Waals surface area contributed by atoms with E-state index in [0.29, 0.717) is 11.3 Å². The van der Waals surface area contributed by atoms with E-state index in [-0.39, 0.29) is 18.2 Å². The number of fused-ring (bicyclic) bond motifs is 1. The fraction of sp³-hybridized carbons (Fsp3) is 0.300. The summed E-state index contributed by atoms with van der Waals surface area (Å²) >= 11 is 0. The van der Waals surface area contributed by atoms with Crippen molar-refractivity contribution >= 4 is 17.3 Å². The highest BCUT2D eigenvalue weighted by molar-refractivity contribution is 5.99. The van der Waals surface area contributed by atoms with Crippen LogP contribution in [0.1, 0.15) is 24.5 Å². The molecule has 1 aliphatic rings. The molecule has 0 radical (unpaired) electrons. The van der Waals surface area contributed by atoms with Crippen LogP contribution in [0.15, 0.2) is 53.6 Å². The number of hydrazone groups is 1. The van der Waals surface area contributed by atoms with Crippen LogP contribution in [0.2, 0.25) is 0 Å². The highest BCUT2D eigenvalue weighted by atomic mass is 19.3. The second kappa shape index (κ2) is 8.62. The minimum atomic E-state index is -2.86. The Hall–Kier alpha value is -2.96. The second-order valence-corrected chi connectivity index (χ2v) is 6.29. The topological polar surface area (TPSA) is 53.9 Å². The Kier molecular flexibility index (Phi) is 6.01. The lowest BCUT2D eigenvalue weighted by Crippen LogP contribution is -2.38. The van der Waals surface area contributed by atoms with E-state index in [0.717, 1.165) is 25.1 Å². The summed E-state index contributed by atoms with van der Waals surface area (Å²) in [7, 11) is 0. The van der Waals surface area contributed by atoms with Gasteiger partial charge >= 0.3 is 6.61 Å². The average Bonchev–Trinajstić information content (AvgIpc) is 2.66. The number of amides is 1. The maximum absolute atomic E-state index is 12.3. The zero-order valence-corrected chi connectivity index (χ0v) is 15.0. The maximum Gasteiger partial charge on any atom is 0.387 e. The van der Waals surface area contributed by atoms with Gasteiger partial charge in [-0.3, -0.25) is 4.79 Å². The van der Waals surface area contributed by atoms with Crippen LogP contribution < -0.4 is 15.1 Å². The predicted octanol–water partition coefficient (Wildman–Crippen LogP) is 3.58. The Balaban J connectivity index is 1.58. The van der Waals surface area contributed by atoms with Gasteiger partial charge in [-0.15, -0.1) is 0 Å². The number of nitrogens with zero attached hydrogens (tertiary/aromatic N) is 2. The Morgan fingerprint density at radius 2 is 1.96 bits per heavy atom. The van der Waals surface area contributed by atoms with Crippen molar-refractivity contribution in [3.63, 3.8) is 0 Å². The molecule has 0 bridgehead atoms. The van der Waals surface area contributed by atoms with Crippen molar-refractivity contribution in [2.45, 2.75) is 26.4 Å². The average molecular weight is 373 g/mol. The van der Waals surface area contributed by atoms with Gasteiger partial charge in [0.25, 0.3) is 5.91 Å².